The van der Waals surface area contributed by atoms with Gasteiger partial charge in [0.1, 0.15) is 0 Å². The second kappa shape index (κ2) is 4.21. The van der Waals surface area contributed by atoms with E-state index in [0.29, 0.717) is 0 Å². The topological polar surface area (TPSA) is 104 Å². The highest BCUT2D eigenvalue weighted by Gasteiger charge is 2.21. The van der Waals surface area contributed by atoms with E-state index in [1.807, 2.05) is 0 Å². The number of hydrogen-bond donors (Lipinski definition) is 3. The number of rotatable bonds is 4. The standard InChI is InChI=1S/C10H13N5O2S/c16-18(17,10-11-4-5-12-10)13-6-9-7-2-1-3-8(7)14-15-9/h4-5,13H,1-3,6H2,(H,11,12)(H,14,15). The SMILES string of the molecule is O=S(=O)(NCc1n[nH]c2c1CCC2)c1ncc[nH]1. The summed E-state index contributed by atoms with van der Waals surface area (Å²) in [4.78, 5) is 6.30. The Morgan fingerprint density at radius 1 is 1.39 bits per heavy atom. The molecule has 1 aliphatic carbocycles. The zero-order valence-corrected chi connectivity index (χ0v) is 10.4. The van der Waals surface area contributed by atoms with Crippen molar-refractivity contribution in [1.29, 1.82) is 0 Å². The van der Waals surface area contributed by atoms with E-state index in [9.17, 15) is 8.42 Å². The highest BCUT2D eigenvalue weighted by Crippen LogP contribution is 2.22. The molecule has 0 aliphatic heterocycles. The van der Waals surface area contributed by atoms with Crippen molar-refractivity contribution in [1.82, 2.24) is 24.9 Å². The first-order valence-electron chi connectivity index (χ1n) is 5.71. The van der Waals surface area contributed by atoms with Crippen LogP contribution in [0, 0.1) is 0 Å². The van der Waals surface area contributed by atoms with E-state index >= 15 is 0 Å². The van der Waals surface area contributed by atoms with Crippen LogP contribution < -0.4 is 4.72 Å². The predicted octanol–water partition coefficient (Wildman–Crippen LogP) is 0.1000. The van der Waals surface area contributed by atoms with Crippen LogP contribution >= 0.6 is 0 Å². The van der Waals surface area contributed by atoms with E-state index < -0.39 is 10.0 Å². The molecule has 8 heteroatoms. The minimum Gasteiger partial charge on any atom is -0.334 e. The minimum atomic E-state index is -3.58. The molecule has 2 aromatic rings. The lowest BCUT2D eigenvalue weighted by Gasteiger charge is -2.03. The summed E-state index contributed by atoms with van der Waals surface area (Å²) in [5, 5.41) is 7.01. The van der Waals surface area contributed by atoms with Gasteiger partial charge in [-0.05, 0) is 24.8 Å². The Balaban J connectivity index is 1.75. The molecular formula is C10H13N5O2S. The lowest BCUT2D eigenvalue weighted by molar-refractivity contribution is 0.572. The van der Waals surface area contributed by atoms with Gasteiger partial charge in [-0.25, -0.2) is 18.1 Å². The number of H-pyrrole nitrogens is 2. The zero-order valence-electron chi connectivity index (χ0n) is 9.60. The van der Waals surface area contributed by atoms with Crippen molar-refractivity contribution in [3.05, 3.63) is 29.3 Å². The molecule has 0 spiro atoms. The first-order valence-corrected chi connectivity index (χ1v) is 7.19. The van der Waals surface area contributed by atoms with Gasteiger partial charge in [-0.15, -0.1) is 0 Å². The molecule has 0 amide bonds. The fraction of sp³-hybridized carbons (Fsp3) is 0.400. The number of aromatic amines is 2. The lowest BCUT2D eigenvalue weighted by Crippen LogP contribution is -2.24. The van der Waals surface area contributed by atoms with Crippen LogP contribution in [0.5, 0.6) is 0 Å². The fourth-order valence-corrected chi connectivity index (χ4v) is 3.05. The van der Waals surface area contributed by atoms with Crippen LogP contribution in [0.15, 0.2) is 17.6 Å². The van der Waals surface area contributed by atoms with E-state index in [1.165, 1.54) is 12.4 Å². The monoisotopic (exact) mass is 267 g/mol. The largest absolute Gasteiger partial charge is 0.334 e. The number of hydrogen-bond acceptors (Lipinski definition) is 4. The Hall–Kier alpha value is -1.67. The number of nitrogens with zero attached hydrogens (tertiary/aromatic N) is 2. The molecule has 3 N–H and O–H groups in total. The molecule has 1 aliphatic rings. The Morgan fingerprint density at radius 2 is 2.28 bits per heavy atom. The molecule has 0 saturated carbocycles. The molecule has 0 radical (unpaired) electrons. The van der Waals surface area contributed by atoms with Crippen LogP contribution in [0.4, 0.5) is 0 Å². The van der Waals surface area contributed by atoms with E-state index in [1.54, 1.807) is 0 Å². The van der Waals surface area contributed by atoms with Crippen LogP contribution in [-0.2, 0) is 29.4 Å². The maximum absolute atomic E-state index is 11.8. The third-order valence-electron chi connectivity index (χ3n) is 3.05. The van der Waals surface area contributed by atoms with Crippen molar-refractivity contribution in [3.8, 4) is 0 Å². The summed E-state index contributed by atoms with van der Waals surface area (Å²) in [6.45, 7) is 0.189. The Bertz CT molecular complexity index is 644. The third kappa shape index (κ3) is 1.93. The first-order chi connectivity index (χ1) is 8.67. The molecule has 3 rings (SSSR count). The molecule has 0 aromatic carbocycles. The second-order valence-corrected chi connectivity index (χ2v) is 5.88. The Labute approximate surface area is 104 Å². The Morgan fingerprint density at radius 3 is 3.06 bits per heavy atom. The van der Waals surface area contributed by atoms with E-state index in [-0.39, 0.29) is 11.7 Å². The summed E-state index contributed by atoms with van der Waals surface area (Å²) in [6.07, 6.45) is 5.93. The van der Waals surface area contributed by atoms with Gasteiger partial charge in [-0.2, -0.15) is 5.10 Å². The second-order valence-electron chi connectivity index (χ2n) is 4.20. The molecule has 0 atom stereocenters. The number of imidazole rings is 1. The number of sulfonamides is 1. The van der Waals surface area contributed by atoms with Gasteiger partial charge in [0.2, 0.25) is 5.16 Å². The fourth-order valence-electron chi connectivity index (χ4n) is 2.16. The molecular weight excluding hydrogens is 254 g/mol. The molecule has 2 aromatic heterocycles. The van der Waals surface area contributed by atoms with Gasteiger partial charge in [-0.1, -0.05) is 0 Å². The van der Waals surface area contributed by atoms with Gasteiger partial charge in [-0.3, -0.25) is 5.10 Å². The Kier molecular flexibility index (Phi) is 2.67. The summed E-state index contributed by atoms with van der Waals surface area (Å²) in [7, 11) is -3.58. The van der Waals surface area contributed by atoms with E-state index in [4.69, 9.17) is 0 Å². The average Bonchev–Trinajstić information content (AvgIpc) is 3.05. The van der Waals surface area contributed by atoms with Crippen LogP contribution in [-0.4, -0.2) is 28.6 Å². The van der Waals surface area contributed by atoms with Crippen molar-refractivity contribution in [3.63, 3.8) is 0 Å². The number of aromatic nitrogens is 4. The van der Waals surface area contributed by atoms with Crippen LogP contribution in [0.3, 0.4) is 0 Å². The minimum absolute atomic E-state index is 0.0744. The highest BCUT2D eigenvalue weighted by atomic mass is 32.2. The third-order valence-corrected chi connectivity index (χ3v) is 4.31. The van der Waals surface area contributed by atoms with Crippen molar-refractivity contribution in [2.45, 2.75) is 31.0 Å². The van der Waals surface area contributed by atoms with Crippen LogP contribution in [0.25, 0.3) is 0 Å². The average molecular weight is 267 g/mol. The summed E-state index contributed by atoms with van der Waals surface area (Å²) in [6, 6.07) is 0. The van der Waals surface area contributed by atoms with Crippen molar-refractivity contribution in [2.24, 2.45) is 0 Å². The number of aryl methyl sites for hydroxylation is 1. The van der Waals surface area contributed by atoms with Gasteiger partial charge < -0.3 is 4.98 Å². The summed E-state index contributed by atoms with van der Waals surface area (Å²) < 4.78 is 26.2. The lowest BCUT2D eigenvalue weighted by atomic mass is 10.2. The summed E-state index contributed by atoms with van der Waals surface area (Å²) in [5.41, 5.74) is 3.05. The highest BCUT2D eigenvalue weighted by molar-refractivity contribution is 7.89. The molecule has 2 heterocycles. The van der Waals surface area contributed by atoms with Crippen LogP contribution in [0.2, 0.25) is 0 Å². The van der Waals surface area contributed by atoms with E-state index in [0.717, 1.165) is 36.2 Å². The maximum atomic E-state index is 11.8. The molecule has 18 heavy (non-hydrogen) atoms. The molecule has 0 fully saturated rings. The molecule has 0 bridgehead atoms. The normalized spacial score (nSPS) is 14.9. The summed E-state index contributed by atoms with van der Waals surface area (Å²) >= 11 is 0. The van der Waals surface area contributed by atoms with Crippen molar-refractivity contribution < 1.29 is 8.42 Å². The predicted molar refractivity (Wildman–Crippen MR) is 63.2 cm³/mol. The van der Waals surface area contributed by atoms with Gasteiger partial charge in [0.05, 0.1) is 12.2 Å². The van der Waals surface area contributed by atoms with Gasteiger partial charge in [0, 0.05) is 18.1 Å². The van der Waals surface area contributed by atoms with Gasteiger partial charge in [0.15, 0.2) is 0 Å². The van der Waals surface area contributed by atoms with Crippen molar-refractivity contribution >= 4 is 10.0 Å². The number of fused-ring (bicyclic) bond motifs is 1. The quantitative estimate of drug-likeness (QED) is 0.730. The van der Waals surface area contributed by atoms with Gasteiger partial charge >= 0.3 is 0 Å². The molecule has 0 saturated heterocycles. The number of nitrogens with one attached hydrogen (secondary N) is 3. The molecule has 96 valence electrons. The summed E-state index contributed by atoms with van der Waals surface area (Å²) in [5.74, 6) is 0. The molecule has 7 nitrogen and oxygen atoms in total. The van der Waals surface area contributed by atoms with Gasteiger partial charge in [0.25, 0.3) is 10.0 Å². The smallest absolute Gasteiger partial charge is 0.274 e. The van der Waals surface area contributed by atoms with E-state index in [2.05, 4.69) is 24.9 Å². The van der Waals surface area contributed by atoms with Crippen LogP contribution in [0.1, 0.15) is 23.4 Å². The van der Waals surface area contributed by atoms with Crippen molar-refractivity contribution in [2.75, 3.05) is 0 Å². The first kappa shape index (κ1) is 11.4. The molecule has 0 unspecified atom stereocenters. The zero-order chi connectivity index (χ0) is 12.6. The maximum Gasteiger partial charge on any atom is 0.274 e.